The van der Waals surface area contributed by atoms with E-state index in [1.54, 1.807) is 0 Å². The van der Waals surface area contributed by atoms with Gasteiger partial charge < -0.3 is 20.5 Å². The first-order chi connectivity index (χ1) is 10.3. The van der Waals surface area contributed by atoms with Crippen LogP contribution in [0.15, 0.2) is 0 Å². The number of ether oxygens (including phenoxy) is 2. The second kappa shape index (κ2) is 7.36. The van der Waals surface area contributed by atoms with Crippen LogP contribution in [-0.4, -0.2) is 60.0 Å². The Kier molecular flexibility index (Phi) is 6.47. The third-order valence-electron chi connectivity index (χ3n) is 3.65. The largest absolute Gasteiger partial charge is 0.444 e. The van der Waals surface area contributed by atoms with Gasteiger partial charge in [-0.05, 0) is 54.9 Å². The minimum Gasteiger partial charge on any atom is -0.444 e. The van der Waals surface area contributed by atoms with Gasteiger partial charge in [-0.2, -0.15) is 0 Å². The third kappa shape index (κ3) is 7.50. The Labute approximate surface area is 141 Å². The van der Waals surface area contributed by atoms with Gasteiger partial charge >= 0.3 is 6.09 Å². The molecule has 1 aliphatic heterocycles. The molecule has 1 heterocycles. The van der Waals surface area contributed by atoms with Gasteiger partial charge in [0.15, 0.2) is 0 Å². The molecule has 1 fully saturated rings. The molecule has 0 aromatic rings. The van der Waals surface area contributed by atoms with Crippen molar-refractivity contribution in [1.82, 2.24) is 10.2 Å². The number of nitrogens with two attached hydrogens (primary N) is 1. The van der Waals surface area contributed by atoms with Gasteiger partial charge in [0.05, 0.1) is 11.2 Å². The highest BCUT2D eigenvalue weighted by molar-refractivity contribution is 5.67. The number of amides is 1. The van der Waals surface area contributed by atoms with E-state index in [2.05, 4.69) is 37.9 Å². The van der Waals surface area contributed by atoms with Crippen LogP contribution in [0.1, 0.15) is 54.9 Å². The van der Waals surface area contributed by atoms with Crippen molar-refractivity contribution in [3.05, 3.63) is 0 Å². The van der Waals surface area contributed by atoms with E-state index in [0.717, 1.165) is 19.5 Å². The predicted octanol–water partition coefficient (Wildman–Crippen LogP) is 2.12. The summed E-state index contributed by atoms with van der Waals surface area (Å²) in [4.78, 5) is 14.1. The summed E-state index contributed by atoms with van der Waals surface area (Å²) in [5, 5.41) is 2.81. The Hall–Kier alpha value is -0.850. The summed E-state index contributed by atoms with van der Waals surface area (Å²) in [7, 11) is 0. The molecule has 0 radical (unpaired) electrons. The number of hydrogen-bond acceptors (Lipinski definition) is 5. The van der Waals surface area contributed by atoms with Crippen molar-refractivity contribution in [2.24, 2.45) is 5.73 Å². The number of nitrogens with zero attached hydrogens (tertiary/aromatic N) is 1. The van der Waals surface area contributed by atoms with E-state index in [1.165, 1.54) is 0 Å². The van der Waals surface area contributed by atoms with Crippen LogP contribution in [0.5, 0.6) is 0 Å². The zero-order valence-corrected chi connectivity index (χ0v) is 15.9. The van der Waals surface area contributed by atoms with Gasteiger partial charge in [-0.1, -0.05) is 0 Å². The Morgan fingerprint density at radius 1 is 1.26 bits per heavy atom. The van der Waals surface area contributed by atoms with Crippen molar-refractivity contribution in [2.45, 2.75) is 77.7 Å². The summed E-state index contributed by atoms with van der Waals surface area (Å²) < 4.78 is 11.4. The topological polar surface area (TPSA) is 76.8 Å². The summed E-state index contributed by atoms with van der Waals surface area (Å²) in [6.45, 7) is 16.8. The number of rotatable bonds is 5. The molecule has 1 saturated heterocycles. The van der Waals surface area contributed by atoms with Crippen LogP contribution in [0.2, 0.25) is 0 Å². The number of carbonyl (C=O) groups excluding carboxylic acids is 1. The molecule has 3 N–H and O–H groups in total. The molecule has 0 aromatic heterocycles. The second-order valence-electron chi connectivity index (χ2n) is 8.63. The third-order valence-corrected chi connectivity index (χ3v) is 3.65. The highest BCUT2D eigenvalue weighted by atomic mass is 16.6. The van der Waals surface area contributed by atoms with E-state index in [0.29, 0.717) is 13.1 Å². The number of hydrogen-bond donors (Lipinski definition) is 2. The van der Waals surface area contributed by atoms with Gasteiger partial charge in [0.1, 0.15) is 5.60 Å². The quantitative estimate of drug-likeness (QED) is 0.808. The van der Waals surface area contributed by atoms with E-state index < -0.39 is 5.60 Å². The van der Waals surface area contributed by atoms with E-state index in [9.17, 15) is 4.79 Å². The molecule has 1 unspecified atom stereocenters. The maximum Gasteiger partial charge on any atom is 0.407 e. The van der Waals surface area contributed by atoms with Gasteiger partial charge in [-0.25, -0.2) is 4.79 Å². The molecule has 6 heteroatoms. The molecule has 0 saturated carbocycles. The van der Waals surface area contributed by atoms with Crippen LogP contribution in [-0.2, 0) is 9.47 Å². The molecule has 0 aromatic carbocycles. The van der Waals surface area contributed by atoms with E-state index in [4.69, 9.17) is 15.2 Å². The lowest BCUT2D eigenvalue weighted by molar-refractivity contribution is -0.187. The molecule has 0 spiro atoms. The van der Waals surface area contributed by atoms with Crippen LogP contribution >= 0.6 is 0 Å². The summed E-state index contributed by atoms with van der Waals surface area (Å²) in [6, 6.07) is 0.215. The number of nitrogens with one attached hydrogen (secondary N) is 1. The normalized spacial score (nSPS) is 22.4. The number of carbonyl (C=O) groups is 1. The number of morpholine rings is 1. The first kappa shape index (κ1) is 20.2. The minimum atomic E-state index is -0.477. The van der Waals surface area contributed by atoms with Gasteiger partial charge in [-0.15, -0.1) is 0 Å². The highest BCUT2D eigenvalue weighted by Crippen LogP contribution is 2.29. The summed E-state index contributed by atoms with van der Waals surface area (Å²) in [6.07, 6.45) is 0.415. The molecule has 1 atom stereocenters. The zero-order chi connectivity index (χ0) is 17.9. The summed E-state index contributed by atoms with van der Waals surface area (Å²) in [5.74, 6) is 0. The molecule has 0 aliphatic carbocycles. The highest BCUT2D eigenvalue weighted by Gasteiger charge is 2.40. The number of alkyl carbamates (subject to hydrolysis) is 1. The zero-order valence-electron chi connectivity index (χ0n) is 15.9. The standard InChI is InChI=1S/C17H35N3O3/c1-15(2,3)22-14(21)19-9-8-13(10-18)20-11-16(4,5)23-17(6,7)12-20/h13H,8-12,18H2,1-7H3,(H,19,21). The van der Waals surface area contributed by atoms with Crippen molar-refractivity contribution in [3.63, 3.8) is 0 Å². The molecular formula is C17H35N3O3. The predicted molar refractivity (Wildman–Crippen MR) is 92.5 cm³/mol. The second-order valence-corrected chi connectivity index (χ2v) is 8.63. The van der Waals surface area contributed by atoms with E-state index in [-0.39, 0.29) is 23.3 Å². The summed E-state index contributed by atoms with van der Waals surface area (Å²) in [5.41, 5.74) is 5.10. The Morgan fingerprint density at radius 2 is 1.78 bits per heavy atom. The van der Waals surface area contributed by atoms with Gasteiger partial charge in [-0.3, -0.25) is 4.90 Å². The van der Waals surface area contributed by atoms with Crippen LogP contribution in [0.3, 0.4) is 0 Å². The lowest BCUT2D eigenvalue weighted by Gasteiger charge is -2.49. The van der Waals surface area contributed by atoms with Gasteiger partial charge in [0.2, 0.25) is 0 Å². The van der Waals surface area contributed by atoms with Crippen molar-refractivity contribution >= 4 is 6.09 Å². The molecule has 1 rings (SSSR count). The average molecular weight is 329 g/mol. The molecular weight excluding hydrogens is 294 g/mol. The Bertz CT molecular complexity index is 386. The molecule has 136 valence electrons. The van der Waals surface area contributed by atoms with Gasteiger partial charge in [0, 0.05) is 32.2 Å². The summed E-state index contributed by atoms with van der Waals surface area (Å²) >= 11 is 0. The minimum absolute atomic E-state index is 0.201. The maximum absolute atomic E-state index is 11.7. The van der Waals surface area contributed by atoms with Crippen molar-refractivity contribution in [1.29, 1.82) is 0 Å². The van der Waals surface area contributed by atoms with Crippen LogP contribution in [0, 0.1) is 0 Å². The van der Waals surface area contributed by atoms with Crippen LogP contribution in [0.25, 0.3) is 0 Å². The first-order valence-corrected chi connectivity index (χ1v) is 8.45. The van der Waals surface area contributed by atoms with Crippen LogP contribution in [0.4, 0.5) is 4.79 Å². The van der Waals surface area contributed by atoms with Crippen molar-refractivity contribution in [3.8, 4) is 0 Å². The molecule has 1 aliphatic rings. The smallest absolute Gasteiger partial charge is 0.407 e. The van der Waals surface area contributed by atoms with Crippen LogP contribution < -0.4 is 11.1 Å². The Morgan fingerprint density at radius 3 is 2.22 bits per heavy atom. The fourth-order valence-corrected chi connectivity index (χ4v) is 3.21. The fraction of sp³-hybridized carbons (Fsp3) is 0.941. The van der Waals surface area contributed by atoms with Gasteiger partial charge in [0.25, 0.3) is 0 Å². The first-order valence-electron chi connectivity index (χ1n) is 8.45. The van der Waals surface area contributed by atoms with E-state index >= 15 is 0 Å². The van der Waals surface area contributed by atoms with Crippen molar-refractivity contribution < 1.29 is 14.3 Å². The molecule has 6 nitrogen and oxygen atoms in total. The van der Waals surface area contributed by atoms with Crippen molar-refractivity contribution in [2.75, 3.05) is 26.2 Å². The Balaban J connectivity index is 2.52. The lowest BCUT2D eigenvalue weighted by Crippen LogP contribution is -2.61. The molecule has 23 heavy (non-hydrogen) atoms. The molecule has 0 bridgehead atoms. The SMILES string of the molecule is CC(C)(C)OC(=O)NCCC(CN)N1CC(C)(C)OC(C)(C)C1. The van der Waals surface area contributed by atoms with E-state index in [1.807, 2.05) is 20.8 Å². The maximum atomic E-state index is 11.7. The lowest BCUT2D eigenvalue weighted by atomic mass is 9.96. The average Bonchev–Trinajstić information content (AvgIpc) is 2.28. The monoisotopic (exact) mass is 329 g/mol. The fourth-order valence-electron chi connectivity index (χ4n) is 3.21. The molecule has 1 amide bonds.